The van der Waals surface area contributed by atoms with Crippen LogP contribution >= 0.6 is 0 Å². The minimum atomic E-state index is -0.281. The Hall–Kier alpha value is -0.160. The molecule has 0 bridgehead atoms. The molecule has 0 spiro atoms. The normalized spacial score (nSPS) is 24.4. The monoisotopic (exact) mass is 203 g/mol. The van der Waals surface area contributed by atoms with Gasteiger partial charge in [-0.15, -0.1) is 0 Å². The lowest BCUT2D eigenvalue weighted by Gasteiger charge is -2.27. The Bertz CT molecular complexity index is 142. The lowest BCUT2D eigenvalue weighted by Crippen LogP contribution is -2.44. The molecular formula is C10H21NO3. The lowest BCUT2D eigenvalue weighted by molar-refractivity contribution is -0.156. The molecule has 1 heterocycles. The predicted molar refractivity (Wildman–Crippen MR) is 53.9 cm³/mol. The van der Waals surface area contributed by atoms with Crippen molar-refractivity contribution in [1.29, 1.82) is 0 Å². The molecule has 2 N–H and O–H groups in total. The standard InChI is InChI=1S/C10H21NO3/c1-3-13-10(14-4-2)9(11)8-5-6-12-7-8/h8-10H,3-7,11H2,1-2H3. The van der Waals surface area contributed by atoms with Crippen LogP contribution in [0.15, 0.2) is 0 Å². The Morgan fingerprint density at radius 2 is 2.00 bits per heavy atom. The summed E-state index contributed by atoms with van der Waals surface area (Å²) in [5, 5.41) is 0. The number of hydrogen-bond acceptors (Lipinski definition) is 4. The van der Waals surface area contributed by atoms with Gasteiger partial charge in [-0.05, 0) is 20.3 Å². The molecule has 0 radical (unpaired) electrons. The van der Waals surface area contributed by atoms with E-state index in [1.165, 1.54) is 0 Å². The third kappa shape index (κ3) is 3.20. The molecule has 4 heteroatoms. The van der Waals surface area contributed by atoms with Crippen molar-refractivity contribution in [3.05, 3.63) is 0 Å². The molecule has 1 rings (SSSR count). The van der Waals surface area contributed by atoms with E-state index in [1.54, 1.807) is 0 Å². The van der Waals surface area contributed by atoms with Crippen molar-refractivity contribution in [1.82, 2.24) is 0 Å². The van der Waals surface area contributed by atoms with E-state index in [-0.39, 0.29) is 12.3 Å². The minimum Gasteiger partial charge on any atom is -0.381 e. The zero-order chi connectivity index (χ0) is 10.4. The first-order valence-corrected chi connectivity index (χ1v) is 5.36. The zero-order valence-corrected chi connectivity index (χ0v) is 9.07. The molecule has 0 aromatic carbocycles. The van der Waals surface area contributed by atoms with E-state index >= 15 is 0 Å². The molecule has 1 fully saturated rings. The molecule has 2 atom stereocenters. The molecule has 1 aliphatic rings. The van der Waals surface area contributed by atoms with Crippen LogP contribution in [-0.2, 0) is 14.2 Å². The molecule has 0 amide bonds. The van der Waals surface area contributed by atoms with E-state index in [2.05, 4.69) is 0 Å². The molecule has 0 saturated carbocycles. The van der Waals surface area contributed by atoms with Crippen molar-refractivity contribution < 1.29 is 14.2 Å². The average Bonchev–Trinajstić information content (AvgIpc) is 2.69. The van der Waals surface area contributed by atoms with Gasteiger partial charge in [0.15, 0.2) is 6.29 Å². The molecule has 4 nitrogen and oxygen atoms in total. The number of hydrogen-bond donors (Lipinski definition) is 1. The van der Waals surface area contributed by atoms with Gasteiger partial charge in [-0.3, -0.25) is 0 Å². The third-order valence-electron chi connectivity index (χ3n) is 2.49. The number of ether oxygens (including phenoxy) is 3. The van der Waals surface area contributed by atoms with Gasteiger partial charge in [-0.1, -0.05) is 0 Å². The van der Waals surface area contributed by atoms with Crippen LogP contribution < -0.4 is 5.73 Å². The molecule has 1 aliphatic heterocycles. The summed E-state index contributed by atoms with van der Waals surface area (Å²) in [6.45, 7) is 6.70. The van der Waals surface area contributed by atoms with Crippen LogP contribution in [0.3, 0.4) is 0 Å². The Morgan fingerprint density at radius 1 is 1.36 bits per heavy atom. The summed E-state index contributed by atoms with van der Waals surface area (Å²) in [5.41, 5.74) is 6.07. The minimum absolute atomic E-state index is 0.0719. The predicted octanol–water partition coefficient (Wildman–Crippen LogP) is 0.749. The fraction of sp³-hybridized carbons (Fsp3) is 1.00. The second-order valence-corrected chi connectivity index (χ2v) is 3.48. The van der Waals surface area contributed by atoms with Crippen molar-refractivity contribution >= 4 is 0 Å². The van der Waals surface area contributed by atoms with Crippen LogP contribution in [0.25, 0.3) is 0 Å². The van der Waals surface area contributed by atoms with Crippen molar-refractivity contribution in [2.75, 3.05) is 26.4 Å². The average molecular weight is 203 g/mol. The zero-order valence-electron chi connectivity index (χ0n) is 9.07. The van der Waals surface area contributed by atoms with Crippen LogP contribution in [0.2, 0.25) is 0 Å². The molecule has 0 aromatic rings. The third-order valence-corrected chi connectivity index (χ3v) is 2.49. The largest absolute Gasteiger partial charge is 0.381 e. The van der Waals surface area contributed by atoms with Gasteiger partial charge in [0.2, 0.25) is 0 Å². The SMILES string of the molecule is CCOC(OCC)C(N)C1CCOC1. The quantitative estimate of drug-likeness (QED) is 0.647. The second kappa shape index (κ2) is 6.35. The van der Waals surface area contributed by atoms with E-state index in [9.17, 15) is 0 Å². The Balaban J connectivity index is 2.39. The molecule has 14 heavy (non-hydrogen) atoms. The molecule has 0 aromatic heterocycles. The van der Waals surface area contributed by atoms with Gasteiger partial charge in [0.25, 0.3) is 0 Å². The van der Waals surface area contributed by atoms with Crippen LogP contribution in [0, 0.1) is 5.92 Å². The summed E-state index contributed by atoms with van der Waals surface area (Å²) in [5.74, 6) is 0.373. The van der Waals surface area contributed by atoms with Crippen molar-refractivity contribution in [2.24, 2.45) is 11.7 Å². The van der Waals surface area contributed by atoms with Gasteiger partial charge in [0, 0.05) is 25.7 Å². The summed E-state index contributed by atoms with van der Waals surface area (Å²) < 4.78 is 16.2. The molecular weight excluding hydrogens is 182 g/mol. The van der Waals surface area contributed by atoms with Crippen LogP contribution in [0.1, 0.15) is 20.3 Å². The van der Waals surface area contributed by atoms with Crippen LogP contribution in [0.5, 0.6) is 0 Å². The molecule has 84 valence electrons. The van der Waals surface area contributed by atoms with E-state index in [0.717, 1.165) is 19.6 Å². The molecule has 1 saturated heterocycles. The van der Waals surface area contributed by atoms with Gasteiger partial charge >= 0.3 is 0 Å². The summed E-state index contributed by atoms with van der Waals surface area (Å²) in [7, 11) is 0. The van der Waals surface area contributed by atoms with Crippen LogP contribution in [0.4, 0.5) is 0 Å². The van der Waals surface area contributed by atoms with E-state index in [1.807, 2.05) is 13.8 Å². The maximum absolute atomic E-state index is 6.07. The fourth-order valence-corrected chi connectivity index (χ4v) is 1.68. The van der Waals surface area contributed by atoms with Crippen molar-refractivity contribution in [2.45, 2.75) is 32.6 Å². The van der Waals surface area contributed by atoms with Gasteiger partial charge in [0.1, 0.15) is 0 Å². The summed E-state index contributed by atoms with van der Waals surface area (Å²) in [6.07, 6.45) is 0.731. The second-order valence-electron chi connectivity index (χ2n) is 3.48. The summed E-state index contributed by atoms with van der Waals surface area (Å²) >= 11 is 0. The van der Waals surface area contributed by atoms with Gasteiger partial charge in [0.05, 0.1) is 12.6 Å². The maximum Gasteiger partial charge on any atom is 0.172 e. The van der Waals surface area contributed by atoms with E-state index in [0.29, 0.717) is 19.1 Å². The van der Waals surface area contributed by atoms with Gasteiger partial charge < -0.3 is 19.9 Å². The lowest BCUT2D eigenvalue weighted by atomic mass is 9.99. The molecule has 0 aliphatic carbocycles. The maximum atomic E-state index is 6.07. The van der Waals surface area contributed by atoms with Crippen molar-refractivity contribution in [3.8, 4) is 0 Å². The van der Waals surface area contributed by atoms with Crippen LogP contribution in [-0.4, -0.2) is 38.8 Å². The van der Waals surface area contributed by atoms with Gasteiger partial charge in [-0.2, -0.15) is 0 Å². The number of rotatable bonds is 6. The first-order chi connectivity index (χ1) is 6.79. The Morgan fingerprint density at radius 3 is 2.43 bits per heavy atom. The summed E-state index contributed by atoms with van der Waals surface area (Å²) in [4.78, 5) is 0. The Kier molecular flexibility index (Phi) is 5.40. The Labute approximate surface area is 85.7 Å². The topological polar surface area (TPSA) is 53.7 Å². The fourth-order valence-electron chi connectivity index (χ4n) is 1.68. The highest BCUT2D eigenvalue weighted by Gasteiger charge is 2.30. The first-order valence-electron chi connectivity index (χ1n) is 5.36. The highest BCUT2D eigenvalue weighted by molar-refractivity contribution is 4.79. The van der Waals surface area contributed by atoms with E-state index < -0.39 is 0 Å². The smallest absolute Gasteiger partial charge is 0.172 e. The highest BCUT2D eigenvalue weighted by Crippen LogP contribution is 2.19. The summed E-state index contributed by atoms with van der Waals surface area (Å²) in [6, 6.07) is -0.0719. The van der Waals surface area contributed by atoms with E-state index in [4.69, 9.17) is 19.9 Å². The van der Waals surface area contributed by atoms with Gasteiger partial charge in [-0.25, -0.2) is 0 Å². The molecule has 2 unspecified atom stereocenters. The van der Waals surface area contributed by atoms with Crippen molar-refractivity contribution in [3.63, 3.8) is 0 Å². The first kappa shape index (κ1) is 11.9. The highest BCUT2D eigenvalue weighted by atomic mass is 16.7. The number of nitrogens with two attached hydrogens (primary N) is 1.